The van der Waals surface area contributed by atoms with Crippen LogP contribution < -0.4 is 9.47 Å². The number of halogens is 2. The fraction of sp³-hybridized carbons (Fsp3) is 0.222. The number of benzene rings is 1. The van der Waals surface area contributed by atoms with Gasteiger partial charge < -0.3 is 9.47 Å². The number of rotatable bonds is 2. The molecule has 0 aliphatic heterocycles. The fourth-order valence-corrected chi connectivity index (χ4v) is 1.30. The molecule has 0 fully saturated rings. The van der Waals surface area contributed by atoms with Crippen molar-refractivity contribution >= 4 is 21.9 Å². The van der Waals surface area contributed by atoms with Crippen LogP contribution in [0, 0.1) is 5.82 Å². The van der Waals surface area contributed by atoms with Crippen molar-refractivity contribution in [1.82, 2.24) is 0 Å². The molecule has 0 bridgehead atoms. The van der Waals surface area contributed by atoms with Crippen LogP contribution in [0.2, 0.25) is 0 Å². The van der Waals surface area contributed by atoms with Gasteiger partial charge in [-0.25, -0.2) is 4.39 Å². The summed E-state index contributed by atoms with van der Waals surface area (Å²) in [5, 5.41) is 0. The molecule has 1 aromatic carbocycles. The highest BCUT2D eigenvalue weighted by Crippen LogP contribution is 2.31. The third kappa shape index (κ3) is 2.45. The van der Waals surface area contributed by atoms with Crippen LogP contribution in [0.4, 0.5) is 4.39 Å². The summed E-state index contributed by atoms with van der Waals surface area (Å²) in [5.41, 5.74) is 0. The van der Waals surface area contributed by atoms with Crippen LogP contribution in [0.1, 0.15) is 6.92 Å². The van der Waals surface area contributed by atoms with E-state index in [-0.39, 0.29) is 11.5 Å². The van der Waals surface area contributed by atoms with Gasteiger partial charge in [-0.05, 0) is 22.0 Å². The topological polar surface area (TPSA) is 35.5 Å². The first-order valence-corrected chi connectivity index (χ1v) is 4.55. The van der Waals surface area contributed by atoms with Gasteiger partial charge in [0, 0.05) is 13.0 Å². The molecule has 1 aromatic rings. The monoisotopic (exact) mass is 262 g/mol. The summed E-state index contributed by atoms with van der Waals surface area (Å²) >= 11 is 3.07. The number of esters is 1. The zero-order valence-electron chi connectivity index (χ0n) is 7.64. The maximum atomic E-state index is 13.1. The fourth-order valence-electron chi connectivity index (χ4n) is 0.900. The summed E-state index contributed by atoms with van der Waals surface area (Å²) in [4.78, 5) is 10.7. The predicted octanol–water partition coefficient (Wildman–Crippen LogP) is 2.52. The van der Waals surface area contributed by atoms with E-state index in [2.05, 4.69) is 15.9 Å². The zero-order chi connectivity index (χ0) is 10.7. The Morgan fingerprint density at radius 2 is 2.07 bits per heavy atom. The second kappa shape index (κ2) is 4.41. The minimum absolute atomic E-state index is 0.0319. The van der Waals surface area contributed by atoms with Crippen molar-refractivity contribution in [3.63, 3.8) is 0 Å². The second-order valence-corrected chi connectivity index (χ2v) is 3.37. The molecule has 0 saturated carbocycles. The highest BCUT2D eigenvalue weighted by molar-refractivity contribution is 9.10. The van der Waals surface area contributed by atoms with Gasteiger partial charge in [0.1, 0.15) is 5.75 Å². The average Bonchev–Trinajstić information content (AvgIpc) is 2.09. The normalized spacial score (nSPS) is 9.71. The van der Waals surface area contributed by atoms with Crippen LogP contribution in [-0.4, -0.2) is 13.1 Å². The molecular weight excluding hydrogens is 255 g/mol. The lowest BCUT2D eigenvalue weighted by Gasteiger charge is -2.07. The lowest BCUT2D eigenvalue weighted by molar-refractivity contribution is -0.131. The molecule has 0 radical (unpaired) electrons. The molecule has 76 valence electrons. The first kappa shape index (κ1) is 11.0. The van der Waals surface area contributed by atoms with E-state index in [1.54, 1.807) is 0 Å². The van der Waals surface area contributed by atoms with Crippen molar-refractivity contribution in [3.8, 4) is 11.5 Å². The van der Waals surface area contributed by atoms with E-state index in [0.29, 0.717) is 4.47 Å². The summed E-state index contributed by atoms with van der Waals surface area (Å²) in [6.07, 6.45) is 0. The number of hydrogen-bond acceptors (Lipinski definition) is 3. The van der Waals surface area contributed by atoms with E-state index in [9.17, 15) is 9.18 Å². The van der Waals surface area contributed by atoms with E-state index < -0.39 is 11.8 Å². The van der Waals surface area contributed by atoms with Gasteiger partial charge >= 0.3 is 5.97 Å². The van der Waals surface area contributed by atoms with Crippen LogP contribution in [0.3, 0.4) is 0 Å². The molecular formula is C9H8BrFO3. The molecule has 0 aliphatic rings. The standard InChI is InChI=1S/C9H8BrFO3/c1-5(12)14-8-4-9(13-2)7(11)3-6(8)10/h3-4H,1-2H3. The van der Waals surface area contributed by atoms with Crippen LogP contribution in [-0.2, 0) is 4.79 Å². The molecule has 0 amide bonds. The summed E-state index contributed by atoms with van der Waals surface area (Å²) in [7, 11) is 1.34. The third-order valence-corrected chi connectivity index (χ3v) is 2.08. The van der Waals surface area contributed by atoms with Crippen LogP contribution in [0.5, 0.6) is 11.5 Å². The summed E-state index contributed by atoms with van der Waals surface area (Å²) < 4.78 is 23.0. The van der Waals surface area contributed by atoms with Crippen molar-refractivity contribution in [2.24, 2.45) is 0 Å². The third-order valence-electron chi connectivity index (χ3n) is 1.46. The van der Waals surface area contributed by atoms with E-state index in [1.165, 1.54) is 26.2 Å². The molecule has 1 rings (SSSR count). The van der Waals surface area contributed by atoms with Gasteiger partial charge in [-0.2, -0.15) is 0 Å². The Morgan fingerprint density at radius 3 is 2.57 bits per heavy atom. The molecule has 0 aliphatic carbocycles. The smallest absolute Gasteiger partial charge is 0.308 e. The molecule has 0 heterocycles. The van der Waals surface area contributed by atoms with E-state index in [4.69, 9.17) is 9.47 Å². The van der Waals surface area contributed by atoms with Crippen molar-refractivity contribution in [2.75, 3.05) is 7.11 Å². The lowest BCUT2D eigenvalue weighted by atomic mass is 10.3. The Hall–Kier alpha value is -1.10. The maximum Gasteiger partial charge on any atom is 0.308 e. The Kier molecular flexibility index (Phi) is 3.46. The van der Waals surface area contributed by atoms with Crippen molar-refractivity contribution < 1.29 is 18.7 Å². The molecule has 0 saturated heterocycles. The largest absolute Gasteiger partial charge is 0.494 e. The van der Waals surface area contributed by atoms with Crippen molar-refractivity contribution in [2.45, 2.75) is 6.92 Å². The highest BCUT2D eigenvalue weighted by atomic mass is 79.9. The van der Waals surface area contributed by atoms with Gasteiger partial charge in [0.15, 0.2) is 11.6 Å². The summed E-state index contributed by atoms with van der Waals surface area (Å²) in [6.45, 7) is 1.27. The highest BCUT2D eigenvalue weighted by Gasteiger charge is 2.10. The van der Waals surface area contributed by atoms with Crippen LogP contribution in [0.15, 0.2) is 16.6 Å². The first-order valence-electron chi connectivity index (χ1n) is 3.76. The Morgan fingerprint density at radius 1 is 1.43 bits per heavy atom. The predicted molar refractivity (Wildman–Crippen MR) is 52.0 cm³/mol. The van der Waals surface area contributed by atoms with Gasteiger partial charge in [0.25, 0.3) is 0 Å². The molecule has 0 atom stereocenters. The van der Waals surface area contributed by atoms with E-state index in [1.807, 2.05) is 0 Å². The molecule has 14 heavy (non-hydrogen) atoms. The SMILES string of the molecule is COc1cc(OC(C)=O)c(Br)cc1F. The van der Waals surface area contributed by atoms with E-state index in [0.717, 1.165) is 0 Å². The van der Waals surface area contributed by atoms with Crippen molar-refractivity contribution in [3.05, 3.63) is 22.4 Å². The number of hydrogen-bond donors (Lipinski definition) is 0. The summed E-state index contributed by atoms with van der Waals surface area (Å²) in [6, 6.07) is 2.48. The van der Waals surface area contributed by atoms with Gasteiger partial charge in [0.2, 0.25) is 0 Å². The first-order chi connectivity index (χ1) is 6.54. The minimum Gasteiger partial charge on any atom is -0.494 e. The van der Waals surface area contributed by atoms with Gasteiger partial charge in [-0.1, -0.05) is 0 Å². The number of carbonyl (C=O) groups is 1. The molecule has 0 N–H and O–H groups in total. The van der Waals surface area contributed by atoms with Crippen molar-refractivity contribution in [1.29, 1.82) is 0 Å². The van der Waals surface area contributed by atoms with Crippen LogP contribution >= 0.6 is 15.9 Å². The maximum absolute atomic E-state index is 13.1. The Bertz CT molecular complexity index is 365. The second-order valence-electron chi connectivity index (χ2n) is 2.51. The number of ether oxygens (including phenoxy) is 2. The Labute approximate surface area is 88.9 Å². The van der Waals surface area contributed by atoms with Gasteiger partial charge in [-0.3, -0.25) is 4.79 Å². The molecule has 0 spiro atoms. The van der Waals surface area contributed by atoms with Gasteiger partial charge in [-0.15, -0.1) is 0 Å². The zero-order valence-corrected chi connectivity index (χ0v) is 9.22. The number of carbonyl (C=O) groups excluding carboxylic acids is 1. The molecule has 0 aromatic heterocycles. The quantitative estimate of drug-likeness (QED) is 0.607. The molecule has 3 nitrogen and oxygen atoms in total. The minimum atomic E-state index is -0.518. The summed E-state index contributed by atoms with van der Waals surface area (Å²) in [5.74, 6) is -0.727. The molecule has 5 heteroatoms. The Balaban J connectivity index is 3.10. The van der Waals surface area contributed by atoms with Crippen LogP contribution in [0.25, 0.3) is 0 Å². The average molecular weight is 263 g/mol. The van der Waals surface area contributed by atoms with E-state index >= 15 is 0 Å². The number of methoxy groups -OCH3 is 1. The molecule has 0 unspecified atom stereocenters. The van der Waals surface area contributed by atoms with Gasteiger partial charge in [0.05, 0.1) is 11.6 Å². The lowest BCUT2D eigenvalue weighted by Crippen LogP contribution is -2.02.